The highest BCUT2D eigenvalue weighted by Crippen LogP contribution is 2.30. The minimum atomic E-state index is 0.337. The second-order valence-corrected chi connectivity index (χ2v) is 5.02. The maximum Gasteiger partial charge on any atom is 0.241 e. The minimum Gasteiger partial charge on any atom is -0.366 e. The summed E-state index contributed by atoms with van der Waals surface area (Å²) in [6.07, 6.45) is 6.16. The first-order valence-corrected chi connectivity index (χ1v) is 6.87. The van der Waals surface area contributed by atoms with E-state index in [1.807, 2.05) is 35.0 Å². The third-order valence-electron chi connectivity index (χ3n) is 3.60. The van der Waals surface area contributed by atoms with Crippen molar-refractivity contribution >= 4 is 17.6 Å². The molecule has 1 aliphatic carbocycles. The second kappa shape index (κ2) is 5.30. The number of hydrogen-bond acceptors (Lipinski definition) is 4. The highest BCUT2D eigenvalue weighted by Gasteiger charge is 2.20. The predicted molar refractivity (Wildman–Crippen MR) is 76.3 cm³/mol. The van der Waals surface area contributed by atoms with Crippen molar-refractivity contribution in [3.05, 3.63) is 30.3 Å². The van der Waals surface area contributed by atoms with Crippen molar-refractivity contribution in [1.29, 1.82) is 0 Å². The third-order valence-corrected chi connectivity index (χ3v) is 3.60. The van der Waals surface area contributed by atoms with Gasteiger partial charge in [-0.05, 0) is 25.0 Å². The molecule has 5 heteroatoms. The molecule has 0 atom stereocenters. The SMILES string of the molecule is Nc1nc(Nc2ccccc2)n(C2CCCCC2)n1. The van der Waals surface area contributed by atoms with Crippen LogP contribution in [0, 0.1) is 0 Å². The Morgan fingerprint density at radius 3 is 2.58 bits per heavy atom. The van der Waals surface area contributed by atoms with Gasteiger partial charge in [-0.2, -0.15) is 4.98 Å². The number of hydrogen-bond donors (Lipinski definition) is 2. The maximum absolute atomic E-state index is 5.76. The molecule has 1 aromatic carbocycles. The summed E-state index contributed by atoms with van der Waals surface area (Å²) >= 11 is 0. The lowest BCUT2D eigenvalue weighted by Crippen LogP contribution is -2.16. The van der Waals surface area contributed by atoms with Crippen molar-refractivity contribution in [3.8, 4) is 0 Å². The van der Waals surface area contributed by atoms with E-state index in [4.69, 9.17) is 5.73 Å². The average Bonchev–Trinajstić information content (AvgIpc) is 2.82. The number of nitrogens with two attached hydrogens (primary N) is 1. The molecule has 3 rings (SSSR count). The lowest BCUT2D eigenvalue weighted by Gasteiger charge is -2.23. The van der Waals surface area contributed by atoms with Gasteiger partial charge in [0, 0.05) is 5.69 Å². The smallest absolute Gasteiger partial charge is 0.241 e. The Hall–Kier alpha value is -2.04. The van der Waals surface area contributed by atoms with Crippen LogP contribution in [-0.4, -0.2) is 14.8 Å². The second-order valence-electron chi connectivity index (χ2n) is 5.02. The molecule has 0 bridgehead atoms. The van der Waals surface area contributed by atoms with Crippen LogP contribution in [-0.2, 0) is 0 Å². The number of para-hydroxylation sites is 1. The summed E-state index contributed by atoms with van der Waals surface area (Å²) in [5.41, 5.74) is 6.76. The Kier molecular flexibility index (Phi) is 3.35. The molecule has 1 saturated carbocycles. The van der Waals surface area contributed by atoms with Gasteiger partial charge in [-0.25, -0.2) is 4.68 Å². The molecule has 1 aromatic heterocycles. The Morgan fingerprint density at radius 1 is 1.11 bits per heavy atom. The van der Waals surface area contributed by atoms with Gasteiger partial charge in [-0.15, -0.1) is 5.10 Å². The van der Waals surface area contributed by atoms with Crippen LogP contribution < -0.4 is 11.1 Å². The molecule has 19 heavy (non-hydrogen) atoms. The number of aromatic nitrogens is 3. The van der Waals surface area contributed by atoms with Gasteiger partial charge in [-0.3, -0.25) is 0 Å². The van der Waals surface area contributed by atoms with Crippen molar-refractivity contribution in [2.75, 3.05) is 11.1 Å². The number of nitrogens with zero attached hydrogens (tertiary/aromatic N) is 3. The van der Waals surface area contributed by atoms with Gasteiger partial charge < -0.3 is 11.1 Å². The maximum atomic E-state index is 5.76. The fourth-order valence-electron chi connectivity index (χ4n) is 2.66. The molecule has 1 fully saturated rings. The summed E-state index contributed by atoms with van der Waals surface area (Å²) in [4.78, 5) is 4.30. The highest BCUT2D eigenvalue weighted by molar-refractivity contribution is 5.53. The van der Waals surface area contributed by atoms with Crippen LogP contribution in [0.2, 0.25) is 0 Å². The Labute approximate surface area is 112 Å². The fraction of sp³-hybridized carbons (Fsp3) is 0.429. The van der Waals surface area contributed by atoms with Gasteiger partial charge in [0.25, 0.3) is 0 Å². The molecule has 100 valence electrons. The highest BCUT2D eigenvalue weighted by atomic mass is 15.4. The van der Waals surface area contributed by atoms with E-state index in [2.05, 4.69) is 15.4 Å². The zero-order valence-corrected chi connectivity index (χ0v) is 10.9. The first kappa shape index (κ1) is 12.0. The largest absolute Gasteiger partial charge is 0.366 e. The topological polar surface area (TPSA) is 68.8 Å². The third kappa shape index (κ3) is 2.70. The van der Waals surface area contributed by atoms with E-state index in [0.717, 1.165) is 24.5 Å². The lowest BCUT2D eigenvalue weighted by atomic mass is 9.96. The Balaban J connectivity index is 1.84. The molecule has 2 aromatic rings. The number of benzene rings is 1. The van der Waals surface area contributed by atoms with Crippen LogP contribution in [0.4, 0.5) is 17.6 Å². The summed E-state index contributed by atoms with van der Waals surface area (Å²) in [6.45, 7) is 0. The van der Waals surface area contributed by atoms with Crippen molar-refractivity contribution in [2.45, 2.75) is 38.1 Å². The van der Waals surface area contributed by atoms with Gasteiger partial charge >= 0.3 is 0 Å². The molecule has 1 heterocycles. The molecule has 0 saturated heterocycles. The molecule has 0 aliphatic heterocycles. The van der Waals surface area contributed by atoms with Crippen LogP contribution in [0.25, 0.3) is 0 Å². The molecule has 3 N–H and O–H groups in total. The molecule has 0 unspecified atom stereocenters. The summed E-state index contributed by atoms with van der Waals surface area (Å²) in [5.74, 6) is 1.08. The number of nitrogens with one attached hydrogen (secondary N) is 1. The summed E-state index contributed by atoms with van der Waals surface area (Å²) in [7, 11) is 0. The van der Waals surface area contributed by atoms with Crippen LogP contribution in [0.5, 0.6) is 0 Å². The van der Waals surface area contributed by atoms with E-state index in [0.29, 0.717) is 12.0 Å². The van der Waals surface area contributed by atoms with Crippen molar-refractivity contribution in [1.82, 2.24) is 14.8 Å². The van der Waals surface area contributed by atoms with E-state index in [1.54, 1.807) is 0 Å². The lowest BCUT2D eigenvalue weighted by molar-refractivity contribution is 0.333. The van der Waals surface area contributed by atoms with Crippen molar-refractivity contribution < 1.29 is 0 Å². The number of anilines is 3. The molecule has 5 nitrogen and oxygen atoms in total. The van der Waals surface area contributed by atoms with Gasteiger partial charge in [0.05, 0.1) is 6.04 Å². The normalized spacial score (nSPS) is 16.4. The van der Waals surface area contributed by atoms with Crippen LogP contribution in [0.1, 0.15) is 38.1 Å². The first-order valence-electron chi connectivity index (χ1n) is 6.87. The van der Waals surface area contributed by atoms with Crippen LogP contribution >= 0.6 is 0 Å². The van der Waals surface area contributed by atoms with E-state index in [-0.39, 0.29) is 0 Å². The Bertz CT molecular complexity index is 528. The van der Waals surface area contributed by atoms with E-state index in [1.165, 1.54) is 19.3 Å². The van der Waals surface area contributed by atoms with E-state index >= 15 is 0 Å². The fourth-order valence-corrected chi connectivity index (χ4v) is 2.66. The number of rotatable bonds is 3. The molecule has 0 amide bonds. The quantitative estimate of drug-likeness (QED) is 0.886. The summed E-state index contributed by atoms with van der Waals surface area (Å²) in [5, 5.41) is 7.65. The Morgan fingerprint density at radius 2 is 1.84 bits per heavy atom. The molecular formula is C14H19N5. The summed E-state index contributed by atoms with van der Waals surface area (Å²) < 4.78 is 1.96. The van der Waals surface area contributed by atoms with Gasteiger partial charge in [0.2, 0.25) is 11.9 Å². The van der Waals surface area contributed by atoms with E-state index in [9.17, 15) is 0 Å². The molecule has 1 aliphatic rings. The monoisotopic (exact) mass is 257 g/mol. The van der Waals surface area contributed by atoms with Gasteiger partial charge in [0.1, 0.15) is 0 Å². The molecule has 0 radical (unpaired) electrons. The molecular weight excluding hydrogens is 238 g/mol. The van der Waals surface area contributed by atoms with Crippen LogP contribution in [0.3, 0.4) is 0 Å². The minimum absolute atomic E-state index is 0.337. The zero-order valence-electron chi connectivity index (χ0n) is 10.9. The first-order chi connectivity index (χ1) is 9.33. The van der Waals surface area contributed by atoms with Crippen LogP contribution in [0.15, 0.2) is 30.3 Å². The molecule has 0 spiro atoms. The zero-order chi connectivity index (χ0) is 13.1. The van der Waals surface area contributed by atoms with Gasteiger partial charge in [0.15, 0.2) is 0 Å². The average molecular weight is 257 g/mol. The van der Waals surface area contributed by atoms with E-state index < -0.39 is 0 Å². The number of nitrogen functional groups attached to an aromatic ring is 1. The predicted octanol–water partition coefficient (Wildman–Crippen LogP) is 3.11. The standard InChI is InChI=1S/C14H19N5/c15-13-17-14(16-11-7-3-1-4-8-11)19(18-13)12-9-5-2-6-10-12/h1,3-4,7-8,12H,2,5-6,9-10H2,(H3,15,16,17,18). The van der Waals surface area contributed by atoms with Gasteiger partial charge in [-0.1, -0.05) is 37.5 Å². The van der Waals surface area contributed by atoms with Crippen molar-refractivity contribution in [2.24, 2.45) is 0 Å². The van der Waals surface area contributed by atoms with Crippen molar-refractivity contribution in [3.63, 3.8) is 0 Å². The summed E-state index contributed by atoms with van der Waals surface area (Å²) in [6, 6.07) is 10.4.